The number of anilines is 1. The highest BCUT2D eigenvalue weighted by Gasteiger charge is 2.13. The quantitative estimate of drug-likeness (QED) is 0.511. The molecule has 0 radical (unpaired) electrons. The minimum atomic E-state index is -0.167. The summed E-state index contributed by atoms with van der Waals surface area (Å²) in [5.41, 5.74) is 2.28. The van der Waals surface area contributed by atoms with Gasteiger partial charge in [-0.1, -0.05) is 19.9 Å². The lowest BCUT2D eigenvalue weighted by atomic mass is 10.1. The zero-order valence-electron chi connectivity index (χ0n) is 16.2. The second-order valence-electron chi connectivity index (χ2n) is 6.26. The molecule has 0 saturated heterocycles. The Morgan fingerprint density at radius 1 is 1.11 bits per heavy atom. The maximum absolute atomic E-state index is 12.6. The van der Waals surface area contributed by atoms with Crippen LogP contribution in [0.5, 0.6) is 11.5 Å². The summed E-state index contributed by atoms with van der Waals surface area (Å²) in [7, 11) is 3.20. The predicted octanol–water partition coefficient (Wildman–Crippen LogP) is 5.58. The predicted molar refractivity (Wildman–Crippen MR) is 116 cm³/mol. The number of amides is 1. The fraction of sp³-hybridized carbons (Fsp3) is 0.238. The zero-order chi connectivity index (χ0) is 20.1. The molecule has 0 atom stereocenters. The van der Waals surface area contributed by atoms with Crippen LogP contribution in [0.4, 0.5) is 5.13 Å². The number of hydrogen-bond donors (Lipinski definition) is 1. The number of aromatic nitrogens is 1. The van der Waals surface area contributed by atoms with Gasteiger partial charge in [-0.2, -0.15) is 0 Å². The first kappa shape index (κ1) is 20.2. The monoisotopic (exact) mass is 414 g/mol. The number of rotatable bonds is 7. The summed E-state index contributed by atoms with van der Waals surface area (Å²) < 4.78 is 10.6. The van der Waals surface area contributed by atoms with Gasteiger partial charge in [-0.25, -0.2) is 4.98 Å². The molecule has 0 unspecified atom stereocenters. The minimum Gasteiger partial charge on any atom is -0.493 e. The average molecular weight is 415 g/mol. The van der Waals surface area contributed by atoms with Gasteiger partial charge in [-0.3, -0.25) is 10.1 Å². The number of carbonyl (C=O) groups excluding carboxylic acids is 1. The van der Waals surface area contributed by atoms with Crippen LogP contribution in [0.25, 0.3) is 11.3 Å². The summed E-state index contributed by atoms with van der Waals surface area (Å²) in [6.07, 6.45) is 0. The molecule has 2 aromatic carbocycles. The van der Waals surface area contributed by atoms with Crippen molar-refractivity contribution in [1.29, 1.82) is 0 Å². The SMILES string of the molecule is COc1ccc(-c2csc(NC(=O)c3cccc(SC(C)C)c3)n2)cc1OC. The van der Waals surface area contributed by atoms with E-state index in [0.717, 1.165) is 16.2 Å². The van der Waals surface area contributed by atoms with Crippen LogP contribution in [0, 0.1) is 0 Å². The lowest BCUT2D eigenvalue weighted by Crippen LogP contribution is -2.11. The van der Waals surface area contributed by atoms with Crippen LogP contribution >= 0.6 is 23.1 Å². The van der Waals surface area contributed by atoms with Gasteiger partial charge in [-0.05, 0) is 36.4 Å². The van der Waals surface area contributed by atoms with E-state index in [9.17, 15) is 4.79 Å². The van der Waals surface area contributed by atoms with Crippen LogP contribution in [-0.2, 0) is 0 Å². The Bertz CT molecular complexity index is 970. The second-order valence-corrected chi connectivity index (χ2v) is 8.76. The van der Waals surface area contributed by atoms with Crippen LogP contribution in [0.3, 0.4) is 0 Å². The lowest BCUT2D eigenvalue weighted by Gasteiger charge is -2.08. The summed E-state index contributed by atoms with van der Waals surface area (Å²) >= 11 is 3.11. The molecular formula is C21H22N2O3S2. The number of nitrogens with one attached hydrogen (secondary N) is 1. The highest BCUT2D eigenvalue weighted by atomic mass is 32.2. The van der Waals surface area contributed by atoms with Crippen LogP contribution in [0.2, 0.25) is 0 Å². The fourth-order valence-electron chi connectivity index (χ4n) is 2.61. The van der Waals surface area contributed by atoms with Crippen molar-refractivity contribution in [2.45, 2.75) is 24.0 Å². The van der Waals surface area contributed by atoms with E-state index in [-0.39, 0.29) is 5.91 Å². The number of thioether (sulfide) groups is 1. The van der Waals surface area contributed by atoms with E-state index in [4.69, 9.17) is 9.47 Å². The summed E-state index contributed by atoms with van der Waals surface area (Å²) in [5, 5.41) is 5.80. The molecule has 0 saturated carbocycles. The number of carbonyl (C=O) groups is 1. The van der Waals surface area contributed by atoms with E-state index in [1.54, 1.807) is 26.0 Å². The van der Waals surface area contributed by atoms with Gasteiger partial charge in [0, 0.05) is 26.7 Å². The molecule has 3 rings (SSSR count). The molecule has 0 fully saturated rings. The summed E-state index contributed by atoms with van der Waals surface area (Å²) in [5.74, 6) is 1.13. The molecule has 0 bridgehead atoms. The van der Waals surface area contributed by atoms with Gasteiger partial charge in [-0.15, -0.1) is 23.1 Å². The molecule has 0 aliphatic carbocycles. The Kier molecular flexibility index (Phi) is 6.59. The molecule has 1 aromatic heterocycles. The Labute approximate surface area is 173 Å². The summed E-state index contributed by atoms with van der Waals surface area (Å²) in [6, 6.07) is 13.2. The second kappa shape index (κ2) is 9.12. The van der Waals surface area contributed by atoms with Gasteiger partial charge in [0.05, 0.1) is 19.9 Å². The summed E-state index contributed by atoms with van der Waals surface area (Å²) in [4.78, 5) is 18.2. The number of nitrogens with zero attached hydrogens (tertiary/aromatic N) is 1. The van der Waals surface area contributed by atoms with Crippen molar-refractivity contribution >= 4 is 34.1 Å². The van der Waals surface area contributed by atoms with Crippen LogP contribution < -0.4 is 14.8 Å². The molecule has 1 N–H and O–H groups in total. The van der Waals surface area contributed by atoms with Gasteiger partial charge >= 0.3 is 0 Å². The third kappa shape index (κ3) is 4.85. The Morgan fingerprint density at radius 2 is 1.89 bits per heavy atom. The van der Waals surface area contributed by atoms with Gasteiger partial charge in [0.15, 0.2) is 16.6 Å². The van der Waals surface area contributed by atoms with E-state index in [1.807, 2.05) is 47.8 Å². The first-order valence-corrected chi connectivity index (χ1v) is 10.5. The number of thiazole rings is 1. The first-order valence-electron chi connectivity index (χ1n) is 8.76. The average Bonchev–Trinajstić information content (AvgIpc) is 3.15. The highest BCUT2D eigenvalue weighted by Crippen LogP contribution is 2.33. The Morgan fingerprint density at radius 3 is 2.61 bits per heavy atom. The van der Waals surface area contributed by atoms with Crippen molar-refractivity contribution in [3.05, 3.63) is 53.4 Å². The maximum atomic E-state index is 12.6. The molecule has 3 aromatic rings. The minimum absolute atomic E-state index is 0.167. The molecule has 146 valence electrons. The van der Waals surface area contributed by atoms with Gasteiger partial charge in [0.1, 0.15) is 0 Å². The molecule has 0 spiro atoms. The number of hydrogen-bond acceptors (Lipinski definition) is 6. The van der Waals surface area contributed by atoms with Gasteiger partial charge < -0.3 is 9.47 Å². The number of methoxy groups -OCH3 is 2. The van der Waals surface area contributed by atoms with Gasteiger partial charge in [0.25, 0.3) is 5.91 Å². The molecule has 28 heavy (non-hydrogen) atoms. The van der Waals surface area contributed by atoms with E-state index >= 15 is 0 Å². The van der Waals surface area contributed by atoms with E-state index in [0.29, 0.717) is 27.4 Å². The topological polar surface area (TPSA) is 60.5 Å². The van der Waals surface area contributed by atoms with Crippen LogP contribution in [-0.4, -0.2) is 30.4 Å². The van der Waals surface area contributed by atoms with Crippen molar-refractivity contribution in [3.8, 4) is 22.8 Å². The smallest absolute Gasteiger partial charge is 0.257 e. The standard InChI is InChI=1S/C21H22N2O3S2/c1-13(2)28-16-7-5-6-15(10-16)20(24)23-21-22-17(12-27-21)14-8-9-18(25-3)19(11-14)26-4/h5-13H,1-4H3,(H,22,23,24). The highest BCUT2D eigenvalue weighted by molar-refractivity contribution is 7.99. The molecule has 0 aliphatic heterocycles. The van der Waals surface area contributed by atoms with Crippen molar-refractivity contribution in [2.24, 2.45) is 0 Å². The van der Waals surface area contributed by atoms with E-state index in [1.165, 1.54) is 11.3 Å². The lowest BCUT2D eigenvalue weighted by molar-refractivity contribution is 0.102. The largest absolute Gasteiger partial charge is 0.493 e. The summed E-state index contributed by atoms with van der Waals surface area (Å²) in [6.45, 7) is 4.26. The van der Waals surface area contributed by atoms with Crippen LogP contribution in [0.15, 0.2) is 52.7 Å². The number of benzene rings is 2. The van der Waals surface area contributed by atoms with Crippen molar-refractivity contribution < 1.29 is 14.3 Å². The van der Waals surface area contributed by atoms with E-state index in [2.05, 4.69) is 24.1 Å². The van der Waals surface area contributed by atoms with Gasteiger partial charge in [0.2, 0.25) is 0 Å². The van der Waals surface area contributed by atoms with Crippen molar-refractivity contribution in [1.82, 2.24) is 4.98 Å². The molecule has 1 amide bonds. The molecule has 0 aliphatic rings. The molecular weight excluding hydrogens is 392 g/mol. The van der Waals surface area contributed by atoms with E-state index < -0.39 is 0 Å². The van der Waals surface area contributed by atoms with Crippen molar-refractivity contribution in [3.63, 3.8) is 0 Å². The van der Waals surface area contributed by atoms with Crippen molar-refractivity contribution in [2.75, 3.05) is 19.5 Å². The molecule has 7 heteroatoms. The fourth-order valence-corrected chi connectivity index (χ4v) is 4.22. The maximum Gasteiger partial charge on any atom is 0.257 e. The third-order valence-corrected chi connectivity index (χ3v) is 5.63. The molecule has 5 nitrogen and oxygen atoms in total. The van der Waals surface area contributed by atoms with Crippen LogP contribution in [0.1, 0.15) is 24.2 Å². The zero-order valence-corrected chi connectivity index (χ0v) is 17.8. The first-order chi connectivity index (χ1) is 13.5. The Balaban J connectivity index is 1.75. The normalized spacial score (nSPS) is 10.8. The molecule has 1 heterocycles. The third-order valence-electron chi connectivity index (χ3n) is 3.87. The Hall–Kier alpha value is -2.51. The number of ether oxygens (including phenoxy) is 2.